The van der Waals surface area contributed by atoms with Crippen molar-refractivity contribution in [1.29, 1.82) is 0 Å². The molecule has 7 heteroatoms. The number of halogens is 2. The number of rotatable bonds is 5. The number of likely N-dealkylation sites (N-methyl/N-ethyl adjacent to an activating group) is 1. The van der Waals surface area contributed by atoms with Crippen molar-refractivity contribution < 1.29 is 19.0 Å². The molecule has 0 aliphatic carbocycles. The molecule has 1 atom stereocenters. The molecule has 106 valence electrons. The fourth-order valence-corrected chi connectivity index (χ4v) is 1.61. The number of hydrogen-bond acceptors (Lipinski definition) is 3. The van der Waals surface area contributed by atoms with Crippen LogP contribution in [0.2, 0.25) is 5.02 Å². The number of urea groups is 1. The molecule has 1 aromatic carbocycles. The van der Waals surface area contributed by atoms with Crippen LogP contribution in [0.5, 0.6) is 0 Å². The zero-order chi connectivity index (χ0) is 14.4. The zero-order valence-corrected chi connectivity index (χ0v) is 11.4. The van der Waals surface area contributed by atoms with Crippen LogP contribution in [0, 0.1) is 5.82 Å². The van der Waals surface area contributed by atoms with Gasteiger partial charge in [-0.25, -0.2) is 9.18 Å². The van der Waals surface area contributed by atoms with E-state index in [4.69, 9.17) is 16.3 Å². The summed E-state index contributed by atoms with van der Waals surface area (Å²) in [5.41, 5.74) is 0.180. The Morgan fingerprint density at radius 1 is 1.63 bits per heavy atom. The van der Waals surface area contributed by atoms with Crippen molar-refractivity contribution in [2.24, 2.45) is 0 Å². The van der Waals surface area contributed by atoms with Crippen LogP contribution in [-0.2, 0) is 4.74 Å². The van der Waals surface area contributed by atoms with Gasteiger partial charge in [0.25, 0.3) is 0 Å². The number of carbonyl (C=O) groups excluding carboxylic acids is 1. The summed E-state index contributed by atoms with van der Waals surface area (Å²) in [5, 5.41) is 12.2. The Hall–Kier alpha value is -1.37. The van der Waals surface area contributed by atoms with Gasteiger partial charge >= 0.3 is 6.03 Å². The van der Waals surface area contributed by atoms with Gasteiger partial charge in [-0.15, -0.1) is 0 Å². The summed E-state index contributed by atoms with van der Waals surface area (Å²) in [6.07, 6.45) is -0.788. The van der Waals surface area contributed by atoms with Gasteiger partial charge in [0.1, 0.15) is 5.82 Å². The summed E-state index contributed by atoms with van der Waals surface area (Å²) >= 11 is 5.83. The lowest BCUT2D eigenvalue weighted by molar-refractivity contribution is 0.0501. The lowest BCUT2D eigenvalue weighted by atomic mass is 10.3. The minimum absolute atomic E-state index is 0.0899. The van der Waals surface area contributed by atoms with Crippen LogP contribution in [0.1, 0.15) is 0 Å². The van der Waals surface area contributed by atoms with Crippen molar-refractivity contribution in [2.45, 2.75) is 6.10 Å². The fraction of sp³-hybridized carbons (Fsp3) is 0.417. The van der Waals surface area contributed by atoms with Crippen molar-refractivity contribution in [3.05, 3.63) is 29.0 Å². The van der Waals surface area contributed by atoms with Crippen LogP contribution in [0.4, 0.5) is 14.9 Å². The zero-order valence-electron chi connectivity index (χ0n) is 10.7. The van der Waals surface area contributed by atoms with Crippen molar-refractivity contribution >= 4 is 23.3 Å². The second-order valence-corrected chi connectivity index (χ2v) is 4.45. The average Bonchev–Trinajstić information content (AvgIpc) is 2.34. The predicted octanol–water partition coefficient (Wildman–Crippen LogP) is 1.95. The number of carbonyl (C=O) groups is 1. The van der Waals surface area contributed by atoms with Gasteiger partial charge in [-0.3, -0.25) is 0 Å². The molecule has 5 nitrogen and oxygen atoms in total. The maximum atomic E-state index is 13.0. The van der Waals surface area contributed by atoms with Gasteiger partial charge in [-0.2, -0.15) is 0 Å². The number of aliphatic hydroxyl groups is 1. The first-order valence-corrected chi connectivity index (χ1v) is 5.96. The molecule has 19 heavy (non-hydrogen) atoms. The molecular weight excluding hydrogens is 275 g/mol. The van der Waals surface area contributed by atoms with Gasteiger partial charge in [-0.05, 0) is 18.2 Å². The minimum atomic E-state index is -0.788. The Balaban J connectivity index is 2.61. The predicted molar refractivity (Wildman–Crippen MR) is 70.9 cm³/mol. The first-order chi connectivity index (χ1) is 8.93. The molecule has 0 fully saturated rings. The number of hydrogen-bond donors (Lipinski definition) is 2. The Morgan fingerprint density at radius 2 is 2.32 bits per heavy atom. The van der Waals surface area contributed by atoms with E-state index in [2.05, 4.69) is 5.32 Å². The topological polar surface area (TPSA) is 61.8 Å². The summed E-state index contributed by atoms with van der Waals surface area (Å²) in [6.45, 7) is 0.213. The Bertz CT molecular complexity index is 445. The number of benzene rings is 1. The number of anilines is 1. The molecule has 0 bridgehead atoms. The van der Waals surface area contributed by atoms with Crippen LogP contribution < -0.4 is 5.32 Å². The molecule has 2 N–H and O–H groups in total. The van der Waals surface area contributed by atoms with E-state index in [1.165, 1.54) is 31.2 Å². The highest BCUT2D eigenvalue weighted by Crippen LogP contribution is 2.22. The summed E-state index contributed by atoms with van der Waals surface area (Å²) in [7, 11) is 2.96. The molecule has 1 rings (SSSR count). The van der Waals surface area contributed by atoms with Crippen LogP contribution in [0.15, 0.2) is 18.2 Å². The van der Waals surface area contributed by atoms with E-state index in [1.54, 1.807) is 0 Å². The monoisotopic (exact) mass is 290 g/mol. The van der Waals surface area contributed by atoms with E-state index in [9.17, 15) is 14.3 Å². The highest BCUT2D eigenvalue weighted by Gasteiger charge is 2.15. The number of aliphatic hydroxyl groups excluding tert-OH is 1. The molecule has 1 unspecified atom stereocenters. The van der Waals surface area contributed by atoms with Gasteiger partial charge < -0.3 is 20.1 Å². The summed E-state index contributed by atoms with van der Waals surface area (Å²) in [5.74, 6) is -0.498. The second kappa shape index (κ2) is 7.28. The van der Waals surface area contributed by atoms with Crippen LogP contribution in [0.3, 0.4) is 0 Å². The molecule has 0 aliphatic heterocycles. The van der Waals surface area contributed by atoms with Gasteiger partial charge in [0.05, 0.1) is 30.0 Å². The number of nitrogens with zero attached hydrogens (tertiary/aromatic N) is 1. The van der Waals surface area contributed by atoms with Gasteiger partial charge in [-0.1, -0.05) is 11.6 Å². The van der Waals surface area contributed by atoms with Gasteiger partial charge in [0.15, 0.2) is 0 Å². The summed E-state index contributed by atoms with van der Waals surface area (Å²) < 4.78 is 17.8. The highest BCUT2D eigenvalue weighted by atomic mass is 35.5. The Morgan fingerprint density at radius 3 is 2.95 bits per heavy atom. The van der Waals surface area contributed by atoms with E-state index in [-0.39, 0.29) is 23.9 Å². The maximum absolute atomic E-state index is 13.0. The number of amides is 2. The maximum Gasteiger partial charge on any atom is 0.321 e. The quantitative estimate of drug-likeness (QED) is 0.871. The number of ether oxygens (including phenoxy) is 1. The molecule has 0 aromatic heterocycles. The summed E-state index contributed by atoms with van der Waals surface area (Å²) in [4.78, 5) is 13.1. The fourth-order valence-electron chi connectivity index (χ4n) is 1.45. The third kappa shape index (κ3) is 5.02. The first kappa shape index (κ1) is 15.7. The third-order valence-corrected chi connectivity index (χ3v) is 2.69. The average molecular weight is 291 g/mol. The second-order valence-electron chi connectivity index (χ2n) is 4.04. The Labute approximate surface area is 115 Å². The molecule has 1 aromatic rings. The molecule has 0 spiro atoms. The van der Waals surface area contributed by atoms with Gasteiger partial charge in [0, 0.05) is 14.2 Å². The van der Waals surface area contributed by atoms with E-state index in [0.717, 1.165) is 6.07 Å². The Kier molecular flexibility index (Phi) is 6.01. The highest BCUT2D eigenvalue weighted by molar-refractivity contribution is 6.33. The smallest absolute Gasteiger partial charge is 0.321 e. The van der Waals surface area contributed by atoms with E-state index < -0.39 is 18.0 Å². The third-order valence-electron chi connectivity index (χ3n) is 2.36. The molecule has 0 saturated heterocycles. The van der Waals surface area contributed by atoms with E-state index >= 15 is 0 Å². The number of methoxy groups -OCH3 is 1. The van der Waals surface area contributed by atoms with Crippen molar-refractivity contribution in [1.82, 2.24) is 4.90 Å². The SMILES string of the molecule is COCC(O)CN(C)C(=O)Nc1cc(F)ccc1Cl. The molecule has 0 heterocycles. The van der Waals surface area contributed by atoms with E-state index in [0.29, 0.717) is 0 Å². The van der Waals surface area contributed by atoms with Crippen LogP contribution in [-0.4, -0.2) is 49.5 Å². The molecule has 2 amide bonds. The first-order valence-electron chi connectivity index (χ1n) is 5.58. The molecular formula is C12H16ClFN2O3. The molecule has 0 radical (unpaired) electrons. The summed E-state index contributed by atoms with van der Waals surface area (Å²) in [6, 6.07) is 3.18. The molecule has 0 saturated carbocycles. The lowest BCUT2D eigenvalue weighted by Gasteiger charge is -2.21. The van der Waals surface area contributed by atoms with E-state index in [1.807, 2.05) is 0 Å². The largest absolute Gasteiger partial charge is 0.389 e. The van der Waals surface area contributed by atoms with Crippen molar-refractivity contribution in [3.63, 3.8) is 0 Å². The minimum Gasteiger partial charge on any atom is -0.389 e. The van der Waals surface area contributed by atoms with Crippen LogP contribution in [0.25, 0.3) is 0 Å². The lowest BCUT2D eigenvalue weighted by Crippen LogP contribution is -2.38. The standard InChI is InChI=1S/C12H16ClFN2O3/c1-16(6-9(17)7-19-2)12(18)15-11-5-8(14)3-4-10(11)13/h3-5,9,17H,6-7H2,1-2H3,(H,15,18). The van der Waals surface area contributed by atoms with Crippen molar-refractivity contribution in [2.75, 3.05) is 32.6 Å². The van der Waals surface area contributed by atoms with Gasteiger partial charge in [0.2, 0.25) is 0 Å². The normalized spacial score (nSPS) is 12.1. The molecule has 0 aliphatic rings. The van der Waals surface area contributed by atoms with Crippen molar-refractivity contribution in [3.8, 4) is 0 Å². The number of nitrogens with one attached hydrogen (secondary N) is 1. The van der Waals surface area contributed by atoms with Crippen LogP contribution >= 0.6 is 11.6 Å².